The van der Waals surface area contributed by atoms with Gasteiger partial charge in [0.25, 0.3) is 6.71 Å². The van der Waals surface area contributed by atoms with E-state index in [4.69, 9.17) is 0 Å². The largest absolute Gasteiger partial charge is 0.310 e. The molecule has 2 aliphatic heterocycles. The van der Waals surface area contributed by atoms with Crippen LogP contribution in [0.3, 0.4) is 0 Å². The molecule has 5 heteroatoms. The third-order valence-electron chi connectivity index (χ3n) is 28.7. The van der Waals surface area contributed by atoms with E-state index >= 15 is 0 Å². The molecule has 0 fully saturated rings. The van der Waals surface area contributed by atoms with Gasteiger partial charge in [-0.1, -0.05) is 424 Å². The van der Waals surface area contributed by atoms with Crippen LogP contribution in [-0.2, 0) is 0 Å². The van der Waals surface area contributed by atoms with Gasteiger partial charge in [0.05, 0.1) is 52.6 Å². The van der Waals surface area contributed by atoms with Gasteiger partial charge in [0.1, 0.15) is 0 Å². The topological polar surface area (TPSA) is 16.3 Å². The van der Waals surface area contributed by atoms with Crippen molar-refractivity contribution in [3.63, 3.8) is 0 Å². The monoisotopic (exact) mass is 1800 g/mol. The van der Waals surface area contributed by atoms with Gasteiger partial charge in [-0.05, 0) is 263 Å². The summed E-state index contributed by atoms with van der Waals surface area (Å²) >= 11 is 0. The second-order valence-electron chi connectivity index (χ2n) is 36.6. The molecule has 0 bridgehead atoms. The minimum Gasteiger partial charge on any atom is -0.310 e. The normalized spacial score (nSPS) is 13.6. The highest BCUT2D eigenvalue weighted by molar-refractivity contribution is 7.00. The molecule has 0 aliphatic carbocycles. The van der Waals surface area contributed by atoms with Gasteiger partial charge >= 0.3 is 0 Å². The summed E-state index contributed by atoms with van der Waals surface area (Å²) in [6.45, 7) is -0.861. The van der Waals surface area contributed by atoms with Crippen LogP contribution in [0.25, 0.3) is 220 Å². The van der Waals surface area contributed by atoms with Crippen molar-refractivity contribution in [1.82, 2.24) is 9.13 Å². The van der Waals surface area contributed by atoms with Crippen LogP contribution >= 0.6 is 0 Å². The molecule has 0 saturated heterocycles. The van der Waals surface area contributed by atoms with Crippen LogP contribution < -0.4 is 26.2 Å². The van der Waals surface area contributed by atoms with E-state index in [0.29, 0.717) is 45.3 Å². The molecule has 28 rings (SSSR count). The second-order valence-corrected chi connectivity index (χ2v) is 36.6. The van der Waals surface area contributed by atoms with E-state index in [2.05, 4.69) is 295 Å². The zero-order valence-corrected chi connectivity index (χ0v) is 76.0. The molecule has 0 unspecified atom stereocenters. The third-order valence-corrected chi connectivity index (χ3v) is 28.7. The quantitative estimate of drug-likeness (QED) is 0.0751. The maximum Gasteiger partial charge on any atom is 0.252 e. The molecular formula is C136H87BN4. The first-order valence-corrected chi connectivity index (χ1v) is 47.7. The van der Waals surface area contributed by atoms with Gasteiger partial charge in [0.2, 0.25) is 0 Å². The molecule has 24 aromatic carbocycles. The Balaban J connectivity index is 0.822. The fourth-order valence-corrected chi connectivity index (χ4v) is 22.2. The van der Waals surface area contributed by atoms with Crippen molar-refractivity contribution in [2.24, 2.45) is 0 Å². The predicted octanol–water partition coefficient (Wildman–Crippen LogP) is 34.9. The van der Waals surface area contributed by atoms with E-state index in [0.717, 1.165) is 171 Å². The van der Waals surface area contributed by atoms with Crippen molar-refractivity contribution >= 4 is 144 Å². The number of hydrogen-bond donors (Lipinski definition) is 0. The molecule has 0 saturated carbocycles. The molecule has 0 radical (unpaired) electrons. The summed E-state index contributed by atoms with van der Waals surface area (Å²) in [6.07, 6.45) is 0. The van der Waals surface area contributed by atoms with E-state index < -0.39 is 55.1 Å². The Bertz CT molecular complexity index is 10300. The van der Waals surface area contributed by atoms with Crippen molar-refractivity contribution in [3.05, 3.63) is 527 Å². The number of nitrogens with zero attached hydrogens (tertiary/aromatic N) is 4. The fourth-order valence-electron chi connectivity index (χ4n) is 22.2. The lowest BCUT2D eigenvalue weighted by Gasteiger charge is -2.46. The minimum atomic E-state index is -0.861. The Morgan fingerprint density at radius 3 is 0.929 bits per heavy atom. The lowest BCUT2D eigenvalue weighted by Crippen LogP contribution is -2.61. The molecule has 4 heterocycles. The van der Waals surface area contributed by atoms with Crippen molar-refractivity contribution in [2.75, 3.05) is 9.80 Å². The average molecular weight is 1800 g/mol. The number of benzene rings is 24. The van der Waals surface area contributed by atoms with Gasteiger partial charge < -0.3 is 18.9 Å². The first-order valence-electron chi connectivity index (χ1n) is 54.7. The predicted molar refractivity (Wildman–Crippen MR) is 599 cm³/mol. The number of para-hydroxylation sites is 3. The maximum atomic E-state index is 11.1. The van der Waals surface area contributed by atoms with Crippen LogP contribution in [0.5, 0.6) is 0 Å². The smallest absolute Gasteiger partial charge is 0.252 e. The van der Waals surface area contributed by atoms with Gasteiger partial charge in [-0.2, -0.15) is 0 Å². The van der Waals surface area contributed by atoms with Crippen LogP contribution in [0, 0.1) is 0 Å². The summed E-state index contributed by atoms with van der Waals surface area (Å²) in [5.74, 6) is 0. The molecule has 2 aliphatic rings. The summed E-state index contributed by atoms with van der Waals surface area (Å²) < 4.78 is 147. The van der Waals surface area contributed by atoms with Crippen LogP contribution in [0.2, 0.25) is 0 Å². The van der Waals surface area contributed by atoms with Crippen molar-refractivity contribution < 1.29 is 19.2 Å². The fraction of sp³-hybridized carbons (Fsp3) is 0. The number of hydrogen-bond acceptors (Lipinski definition) is 2. The minimum absolute atomic E-state index is 0.000256. The number of rotatable bonds is 15. The maximum absolute atomic E-state index is 11.1. The molecule has 0 N–H and O–H groups in total. The summed E-state index contributed by atoms with van der Waals surface area (Å²) in [5, 5.41) is 8.42. The van der Waals surface area contributed by atoms with Crippen LogP contribution in [0.4, 0.5) is 34.1 Å². The van der Waals surface area contributed by atoms with Crippen LogP contribution in [-0.4, -0.2) is 15.8 Å². The number of aromatic nitrogens is 2. The highest BCUT2D eigenvalue weighted by atomic mass is 15.2. The molecule has 26 aromatic rings. The first kappa shape index (κ1) is 67.7. The third kappa shape index (κ3) is 13.6. The Labute approximate surface area is 838 Å². The molecule has 0 spiro atoms. The summed E-state index contributed by atoms with van der Waals surface area (Å²) in [7, 11) is 0. The van der Waals surface area contributed by atoms with E-state index in [-0.39, 0.29) is 91.0 Å². The summed E-state index contributed by atoms with van der Waals surface area (Å²) in [6, 6.07) is 147. The van der Waals surface area contributed by atoms with Gasteiger partial charge in [-0.25, -0.2) is 0 Å². The Morgan fingerprint density at radius 1 is 0.177 bits per heavy atom. The zero-order chi connectivity index (χ0) is 105. The molecule has 2 aromatic heterocycles. The number of anilines is 6. The van der Waals surface area contributed by atoms with Gasteiger partial charge in [-0.3, -0.25) is 0 Å². The second kappa shape index (κ2) is 33.3. The van der Waals surface area contributed by atoms with Crippen molar-refractivity contribution in [2.45, 2.75) is 0 Å². The Kier molecular flexibility index (Phi) is 16.0. The first-order chi connectivity index (χ1) is 75.8. The summed E-state index contributed by atoms with van der Waals surface area (Å²) in [4.78, 5) is 4.82. The average Bonchev–Trinajstić information content (AvgIpc) is 1.61. The Hall–Kier alpha value is -18.4. The van der Waals surface area contributed by atoms with Gasteiger partial charge in [0.15, 0.2) is 0 Å². The number of fused-ring (bicyclic) bond motifs is 16. The van der Waals surface area contributed by atoms with E-state index in [1.807, 2.05) is 158 Å². The van der Waals surface area contributed by atoms with E-state index in [9.17, 15) is 19.2 Å². The summed E-state index contributed by atoms with van der Waals surface area (Å²) in [5.41, 5.74) is 24.0. The lowest BCUT2D eigenvalue weighted by atomic mass is 9.33. The van der Waals surface area contributed by atoms with Crippen LogP contribution in [0.1, 0.15) is 19.2 Å². The zero-order valence-electron chi connectivity index (χ0n) is 90.0. The van der Waals surface area contributed by atoms with Gasteiger partial charge in [-0.15, -0.1) is 0 Å². The highest BCUT2D eigenvalue weighted by Gasteiger charge is 2.46. The molecule has 654 valence electrons. The van der Waals surface area contributed by atoms with Gasteiger partial charge in [0, 0.05) is 77.9 Å². The molecule has 0 amide bonds. The standard InChI is InChI=1S/C136H87BN4/c1-7-31-88(32-8-1)96-45-27-48-99(75-96)102-63-71-120-118-53-23-25-57-126(118)138(128(120)82-102)110-67-73-124-130(86-110)140(135-116(106-65-69-114-104(78-106)61-59-94-43-19-21-51-112(94)114)55-30-56-117(135)107-66-70-115-105(79-107)62-60-95-44-20-22-52-113(95)115)132-84-109(101-50-29-47-98(77-101)90-35-11-3-12-36-90)85-133-134(132)137(124)125-74-68-111(139-127-58-26-24-54-119(127)121-72-64-103(83-129(121)139)100-49-28-46-97(76-100)89-33-9-2-10-34-89)87-131(125)141(133)136-122(92-39-15-5-16-40-92)80-108(91-37-13-4-14-38-91)81-123(136)93-41-17-6-18-42-93/h1-87H/i23D,24D,25D,26D,53D,54D,57D,58D,63D,64D,71D,72D,82D,83D. The molecule has 0 atom stereocenters. The lowest BCUT2D eigenvalue weighted by molar-refractivity contribution is 1.17. The molecule has 4 nitrogen and oxygen atoms in total. The molecular weight excluding hydrogens is 1700 g/mol. The van der Waals surface area contributed by atoms with Crippen LogP contribution in [0.15, 0.2) is 527 Å². The Morgan fingerprint density at radius 2 is 0.504 bits per heavy atom. The van der Waals surface area contributed by atoms with E-state index in [1.54, 1.807) is 9.13 Å². The SMILES string of the molecule is [2H]c1c([2H])c([2H])c2c(c1[2H])c1c([2H])c([2H])c(-c3cccc(-c4ccccc4)c3)c([2H])c1n2-c1ccc2c(c1)N(c1c(-c3ccc4c(ccc5ccccc54)c3)cccc1-c1ccc3c(ccc4ccccc43)c1)c1cc(-c3cccc(-c4ccccc4)c3)cc3c1B2c1ccc(-n2c4c([2H])c([2H])c([2H])c([2H])c4c4c([2H])c([2H])c(-c5cccc(-c6ccccc6)c5)c([2H])c42)cc1N3c1c(-c2ccccc2)cc(-c2ccccc2)cc1-c1ccccc1. The van der Waals surface area contributed by atoms with E-state index in [1.165, 1.54) is 0 Å². The molecule has 141 heavy (non-hydrogen) atoms. The van der Waals surface area contributed by atoms with Crippen molar-refractivity contribution in [3.8, 4) is 134 Å². The van der Waals surface area contributed by atoms with Crippen molar-refractivity contribution in [1.29, 1.82) is 0 Å². The highest BCUT2D eigenvalue weighted by Crippen LogP contribution is 2.57.